The van der Waals surface area contributed by atoms with Crippen LogP contribution in [0.5, 0.6) is 23.0 Å². The molecule has 0 fully saturated rings. The molecule has 0 radical (unpaired) electrons. The van der Waals surface area contributed by atoms with Crippen molar-refractivity contribution in [1.82, 2.24) is 10.9 Å². The van der Waals surface area contributed by atoms with Crippen molar-refractivity contribution in [2.75, 3.05) is 14.2 Å². The smallest absolute Gasteiger partial charge is 0.343 e. The number of esters is 2. The lowest BCUT2D eigenvalue weighted by Crippen LogP contribution is -2.27. The molecule has 0 aliphatic heterocycles. The Balaban J connectivity index is 1.16. The number of ether oxygens (including phenoxy) is 4. The first-order valence-electron chi connectivity index (χ1n) is 13.4. The number of carbonyl (C=O) groups excluding carboxylic acids is 4. The molecule has 0 spiro atoms. The number of methoxy groups -OCH3 is 2. The molecule has 0 atom stereocenters. The molecule has 4 aromatic carbocycles. The number of hydrazone groups is 2. The van der Waals surface area contributed by atoms with Gasteiger partial charge in [-0.25, -0.2) is 20.4 Å². The van der Waals surface area contributed by atoms with E-state index >= 15 is 0 Å². The summed E-state index contributed by atoms with van der Waals surface area (Å²) in [6.07, 6.45) is 2.25. The zero-order valence-corrected chi connectivity index (χ0v) is 24.3. The summed E-state index contributed by atoms with van der Waals surface area (Å²) in [5.41, 5.74) is 6.51. The molecule has 0 saturated carbocycles. The second-order valence-corrected chi connectivity index (χ2v) is 9.14. The maximum atomic E-state index is 12.3. The van der Waals surface area contributed by atoms with Crippen LogP contribution < -0.4 is 29.8 Å². The van der Waals surface area contributed by atoms with E-state index in [1.807, 2.05) is 0 Å². The van der Waals surface area contributed by atoms with Crippen molar-refractivity contribution < 1.29 is 38.1 Å². The third-order valence-electron chi connectivity index (χ3n) is 5.96. The van der Waals surface area contributed by atoms with Crippen molar-refractivity contribution in [2.24, 2.45) is 10.2 Å². The highest BCUT2D eigenvalue weighted by molar-refractivity contribution is 5.97. The van der Waals surface area contributed by atoms with Crippen LogP contribution in [0.15, 0.2) is 107 Å². The minimum absolute atomic E-state index is 0.332. The van der Waals surface area contributed by atoms with Crippen LogP contribution in [0.3, 0.4) is 0 Å². The van der Waals surface area contributed by atoms with Crippen LogP contribution in [0.25, 0.3) is 0 Å². The Labute approximate surface area is 258 Å². The number of nitrogens with one attached hydrogen (secondary N) is 2. The molecule has 0 bridgehead atoms. The Hall–Kier alpha value is -6.30. The quantitative estimate of drug-likeness (QED) is 0.0800. The summed E-state index contributed by atoms with van der Waals surface area (Å²) < 4.78 is 20.8. The maximum absolute atomic E-state index is 12.3. The zero-order valence-electron chi connectivity index (χ0n) is 24.3. The SMILES string of the molecule is COc1ccc(C(=O)Oc2ccc(/C=N/NC(=O)CC(=O)N/N=C/c3ccc(OC(=O)c4ccc(OC)cc4)cc3)cc2)cc1. The lowest BCUT2D eigenvalue weighted by atomic mass is 10.2. The number of rotatable bonds is 12. The molecule has 4 rings (SSSR count). The fourth-order valence-electron chi connectivity index (χ4n) is 3.61. The van der Waals surface area contributed by atoms with Crippen LogP contribution in [-0.2, 0) is 9.59 Å². The van der Waals surface area contributed by atoms with Gasteiger partial charge in [-0.3, -0.25) is 9.59 Å². The van der Waals surface area contributed by atoms with E-state index in [1.54, 1.807) is 97.1 Å². The predicted octanol–water partition coefficient (Wildman–Crippen LogP) is 4.13. The number of hydrogen-bond acceptors (Lipinski definition) is 10. The molecular weight excluding hydrogens is 580 g/mol. The van der Waals surface area contributed by atoms with Crippen LogP contribution in [0.4, 0.5) is 0 Å². The molecule has 0 aromatic heterocycles. The summed E-state index contributed by atoms with van der Waals surface area (Å²) in [4.78, 5) is 48.6. The normalized spacial score (nSPS) is 10.7. The van der Waals surface area contributed by atoms with Gasteiger partial charge in [0.05, 0.1) is 37.8 Å². The van der Waals surface area contributed by atoms with Gasteiger partial charge in [0.15, 0.2) is 0 Å². The van der Waals surface area contributed by atoms with Crippen molar-refractivity contribution in [3.8, 4) is 23.0 Å². The van der Waals surface area contributed by atoms with Gasteiger partial charge in [-0.05, 0) is 108 Å². The molecule has 0 aliphatic rings. The molecule has 12 heteroatoms. The fraction of sp³-hybridized carbons (Fsp3) is 0.0909. The third-order valence-corrected chi connectivity index (χ3v) is 5.96. The van der Waals surface area contributed by atoms with Gasteiger partial charge in [0.2, 0.25) is 11.8 Å². The topological polar surface area (TPSA) is 154 Å². The van der Waals surface area contributed by atoms with E-state index < -0.39 is 30.2 Å². The van der Waals surface area contributed by atoms with E-state index in [4.69, 9.17) is 18.9 Å². The molecule has 12 nitrogen and oxygen atoms in total. The first-order chi connectivity index (χ1) is 21.8. The van der Waals surface area contributed by atoms with Crippen LogP contribution >= 0.6 is 0 Å². The molecular formula is C33H28N4O8. The monoisotopic (exact) mass is 608 g/mol. The first-order valence-corrected chi connectivity index (χ1v) is 13.4. The van der Waals surface area contributed by atoms with Gasteiger partial charge in [-0.2, -0.15) is 10.2 Å². The highest BCUT2D eigenvalue weighted by Gasteiger charge is 2.11. The van der Waals surface area contributed by atoms with Crippen molar-refractivity contribution >= 4 is 36.2 Å². The molecule has 228 valence electrons. The van der Waals surface area contributed by atoms with Crippen molar-refractivity contribution in [1.29, 1.82) is 0 Å². The highest BCUT2D eigenvalue weighted by atomic mass is 16.5. The van der Waals surface area contributed by atoms with E-state index in [1.165, 1.54) is 26.6 Å². The number of nitrogens with zero attached hydrogens (tertiary/aromatic N) is 2. The standard InChI is InChI=1S/C33H28N4O8/c1-42-26-15-7-24(8-16-26)32(40)44-28-11-3-22(4-12-28)20-34-36-30(38)19-31(39)37-35-21-23-5-13-29(14-6-23)45-33(41)25-9-17-27(43-2)18-10-25/h3-18,20-21H,19H2,1-2H3,(H,36,38)(H,37,39)/b34-20+,35-21+. The number of hydrogen-bond donors (Lipinski definition) is 2. The van der Waals surface area contributed by atoms with Gasteiger partial charge in [0, 0.05) is 0 Å². The molecule has 2 N–H and O–H groups in total. The largest absolute Gasteiger partial charge is 0.497 e. The van der Waals surface area contributed by atoms with Crippen molar-refractivity contribution in [3.05, 3.63) is 119 Å². The van der Waals surface area contributed by atoms with Gasteiger partial charge in [-0.15, -0.1) is 0 Å². The first kappa shape index (κ1) is 31.6. The molecule has 0 saturated heterocycles. The molecule has 0 heterocycles. The van der Waals surface area contributed by atoms with Gasteiger partial charge >= 0.3 is 11.9 Å². The highest BCUT2D eigenvalue weighted by Crippen LogP contribution is 2.17. The van der Waals surface area contributed by atoms with E-state index in [0.29, 0.717) is 45.3 Å². The molecule has 2 amide bonds. The maximum Gasteiger partial charge on any atom is 0.343 e. The average Bonchev–Trinajstić information content (AvgIpc) is 3.06. The van der Waals surface area contributed by atoms with E-state index in [0.717, 1.165) is 0 Å². The number of benzene rings is 4. The summed E-state index contributed by atoms with van der Waals surface area (Å²) >= 11 is 0. The Bertz CT molecular complexity index is 1560. The van der Waals surface area contributed by atoms with Crippen LogP contribution in [0.2, 0.25) is 0 Å². The van der Waals surface area contributed by atoms with Gasteiger partial charge in [-0.1, -0.05) is 0 Å². The van der Waals surface area contributed by atoms with E-state index in [2.05, 4.69) is 21.1 Å². The lowest BCUT2D eigenvalue weighted by Gasteiger charge is -2.05. The predicted molar refractivity (Wildman–Crippen MR) is 165 cm³/mol. The van der Waals surface area contributed by atoms with Crippen molar-refractivity contribution in [2.45, 2.75) is 6.42 Å². The number of carbonyl (C=O) groups is 4. The van der Waals surface area contributed by atoms with Crippen LogP contribution in [0, 0.1) is 0 Å². The average molecular weight is 609 g/mol. The van der Waals surface area contributed by atoms with Gasteiger partial charge < -0.3 is 18.9 Å². The molecule has 0 unspecified atom stereocenters. The third kappa shape index (κ3) is 9.89. The Kier molecular flexibility index (Phi) is 11.1. The van der Waals surface area contributed by atoms with E-state index in [9.17, 15) is 19.2 Å². The summed E-state index contributed by atoms with van der Waals surface area (Å²) in [5.74, 6) is -0.408. The van der Waals surface area contributed by atoms with Crippen LogP contribution in [0.1, 0.15) is 38.3 Å². The minimum Gasteiger partial charge on any atom is -0.497 e. The van der Waals surface area contributed by atoms with Gasteiger partial charge in [0.25, 0.3) is 0 Å². The Morgan fingerprint density at radius 3 is 1.20 bits per heavy atom. The summed E-state index contributed by atoms with van der Waals surface area (Å²) in [6.45, 7) is 0. The summed E-state index contributed by atoms with van der Waals surface area (Å²) in [5, 5.41) is 7.66. The Morgan fingerprint density at radius 1 is 0.533 bits per heavy atom. The second kappa shape index (κ2) is 15.8. The van der Waals surface area contributed by atoms with Crippen molar-refractivity contribution in [3.63, 3.8) is 0 Å². The van der Waals surface area contributed by atoms with Gasteiger partial charge in [0.1, 0.15) is 29.4 Å². The summed E-state index contributed by atoms with van der Waals surface area (Å²) in [7, 11) is 3.07. The molecule has 0 aliphatic carbocycles. The fourth-order valence-corrected chi connectivity index (χ4v) is 3.61. The Morgan fingerprint density at radius 2 is 0.867 bits per heavy atom. The lowest BCUT2D eigenvalue weighted by molar-refractivity contribution is -0.129. The molecule has 4 aromatic rings. The molecule has 45 heavy (non-hydrogen) atoms. The minimum atomic E-state index is -0.646. The summed E-state index contributed by atoms with van der Waals surface area (Å²) in [6, 6.07) is 26.0. The zero-order chi connectivity index (χ0) is 32.0. The number of amides is 2. The van der Waals surface area contributed by atoms with Crippen LogP contribution in [-0.4, -0.2) is 50.4 Å². The second-order valence-electron chi connectivity index (χ2n) is 9.14. The van der Waals surface area contributed by atoms with E-state index in [-0.39, 0.29) is 0 Å².